The van der Waals surface area contributed by atoms with E-state index in [-0.39, 0.29) is 5.91 Å². The second-order valence-corrected chi connectivity index (χ2v) is 6.57. The van der Waals surface area contributed by atoms with Gasteiger partial charge in [0.1, 0.15) is 5.75 Å². The van der Waals surface area contributed by atoms with E-state index in [1.54, 1.807) is 27.3 Å². The number of guanidine groups is 1. The first-order chi connectivity index (χ1) is 13.6. The molecule has 2 rings (SSSR count). The number of benzene rings is 2. The van der Waals surface area contributed by atoms with Crippen molar-refractivity contribution in [2.24, 2.45) is 4.99 Å². The van der Waals surface area contributed by atoms with E-state index in [4.69, 9.17) is 16.3 Å². The number of halogens is 1. The van der Waals surface area contributed by atoms with E-state index in [1.165, 1.54) is 0 Å². The maximum Gasteiger partial charge on any atom is 0.251 e. The van der Waals surface area contributed by atoms with Crippen LogP contribution in [0.1, 0.15) is 21.5 Å². The van der Waals surface area contributed by atoms with Crippen molar-refractivity contribution in [2.45, 2.75) is 12.8 Å². The van der Waals surface area contributed by atoms with Crippen LogP contribution in [0.3, 0.4) is 0 Å². The Kier molecular flexibility index (Phi) is 8.62. The Morgan fingerprint density at radius 2 is 1.86 bits per heavy atom. The SMILES string of the molecule is CN=C(NCCc1cccc(C(=O)NC)c1)NCCc1ccc(OC)cc1Cl. The molecule has 7 heteroatoms. The lowest BCUT2D eigenvalue weighted by molar-refractivity contribution is 0.0963. The molecule has 0 bridgehead atoms. The van der Waals surface area contributed by atoms with Gasteiger partial charge in [-0.25, -0.2) is 0 Å². The largest absolute Gasteiger partial charge is 0.497 e. The molecular weight excluding hydrogens is 376 g/mol. The minimum Gasteiger partial charge on any atom is -0.497 e. The molecule has 0 heterocycles. The lowest BCUT2D eigenvalue weighted by Gasteiger charge is -2.13. The van der Waals surface area contributed by atoms with E-state index in [1.807, 2.05) is 36.4 Å². The number of nitrogens with one attached hydrogen (secondary N) is 3. The number of rotatable bonds is 8. The zero-order chi connectivity index (χ0) is 20.4. The lowest BCUT2D eigenvalue weighted by Crippen LogP contribution is -2.39. The molecule has 0 unspecified atom stereocenters. The van der Waals surface area contributed by atoms with E-state index >= 15 is 0 Å². The highest BCUT2D eigenvalue weighted by Crippen LogP contribution is 2.22. The maximum absolute atomic E-state index is 11.7. The van der Waals surface area contributed by atoms with E-state index in [2.05, 4.69) is 20.9 Å². The first-order valence-electron chi connectivity index (χ1n) is 9.15. The quantitative estimate of drug-likeness (QED) is 0.468. The van der Waals surface area contributed by atoms with Crippen molar-refractivity contribution in [3.8, 4) is 5.75 Å². The zero-order valence-electron chi connectivity index (χ0n) is 16.5. The van der Waals surface area contributed by atoms with Gasteiger partial charge in [0.25, 0.3) is 5.91 Å². The molecule has 2 aromatic carbocycles. The number of hydrogen-bond acceptors (Lipinski definition) is 3. The molecule has 0 aliphatic carbocycles. The van der Waals surface area contributed by atoms with Gasteiger partial charge in [-0.05, 0) is 48.2 Å². The van der Waals surface area contributed by atoms with Crippen molar-refractivity contribution in [1.29, 1.82) is 0 Å². The van der Waals surface area contributed by atoms with Crippen LogP contribution in [-0.4, -0.2) is 46.2 Å². The van der Waals surface area contributed by atoms with Gasteiger partial charge in [-0.2, -0.15) is 0 Å². The minimum absolute atomic E-state index is 0.0792. The number of nitrogens with zero attached hydrogens (tertiary/aromatic N) is 1. The van der Waals surface area contributed by atoms with Crippen molar-refractivity contribution in [3.05, 3.63) is 64.2 Å². The topological polar surface area (TPSA) is 74.8 Å². The molecule has 0 radical (unpaired) electrons. The molecule has 0 fully saturated rings. The lowest BCUT2D eigenvalue weighted by atomic mass is 10.1. The summed E-state index contributed by atoms with van der Waals surface area (Å²) in [6.07, 6.45) is 1.56. The summed E-state index contributed by atoms with van der Waals surface area (Å²) in [5, 5.41) is 9.90. The normalized spacial score (nSPS) is 11.1. The number of amides is 1. The summed E-state index contributed by atoms with van der Waals surface area (Å²) in [5.74, 6) is 1.40. The smallest absolute Gasteiger partial charge is 0.251 e. The molecule has 0 aliphatic heterocycles. The van der Waals surface area contributed by atoms with Crippen LogP contribution in [-0.2, 0) is 12.8 Å². The van der Waals surface area contributed by atoms with Crippen LogP contribution in [0.2, 0.25) is 5.02 Å². The first-order valence-corrected chi connectivity index (χ1v) is 9.53. The van der Waals surface area contributed by atoms with E-state index in [0.717, 1.165) is 35.7 Å². The van der Waals surface area contributed by atoms with Crippen LogP contribution in [0.4, 0.5) is 0 Å². The monoisotopic (exact) mass is 402 g/mol. The van der Waals surface area contributed by atoms with E-state index in [0.29, 0.717) is 23.7 Å². The van der Waals surface area contributed by atoms with Crippen LogP contribution in [0.25, 0.3) is 0 Å². The molecule has 0 aliphatic rings. The second-order valence-electron chi connectivity index (χ2n) is 6.16. The fraction of sp³-hybridized carbons (Fsp3) is 0.333. The molecule has 0 atom stereocenters. The molecule has 2 aromatic rings. The molecule has 1 amide bonds. The number of aliphatic imine (C=N–C) groups is 1. The van der Waals surface area contributed by atoms with Gasteiger partial charge >= 0.3 is 0 Å². The van der Waals surface area contributed by atoms with Crippen LogP contribution < -0.4 is 20.7 Å². The van der Waals surface area contributed by atoms with Gasteiger partial charge in [-0.3, -0.25) is 9.79 Å². The summed E-state index contributed by atoms with van der Waals surface area (Å²) < 4.78 is 5.17. The zero-order valence-corrected chi connectivity index (χ0v) is 17.3. The van der Waals surface area contributed by atoms with Crippen LogP contribution in [0, 0.1) is 0 Å². The summed E-state index contributed by atoms with van der Waals surface area (Å²) in [6.45, 7) is 1.41. The Morgan fingerprint density at radius 1 is 1.11 bits per heavy atom. The Balaban J connectivity index is 1.78. The molecular formula is C21H27ClN4O2. The highest BCUT2D eigenvalue weighted by Gasteiger charge is 2.05. The van der Waals surface area contributed by atoms with E-state index in [9.17, 15) is 4.79 Å². The van der Waals surface area contributed by atoms with E-state index < -0.39 is 0 Å². The number of carbonyl (C=O) groups excluding carboxylic acids is 1. The van der Waals surface area contributed by atoms with Gasteiger partial charge < -0.3 is 20.7 Å². The molecule has 3 N–H and O–H groups in total. The highest BCUT2D eigenvalue weighted by molar-refractivity contribution is 6.31. The summed E-state index contributed by atoms with van der Waals surface area (Å²) in [7, 11) is 4.99. The maximum atomic E-state index is 11.7. The van der Waals surface area contributed by atoms with Gasteiger partial charge in [-0.1, -0.05) is 29.8 Å². The summed E-state index contributed by atoms with van der Waals surface area (Å²) in [4.78, 5) is 16.0. The Bertz CT molecular complexity index is 824. The Hall–Kier alpha value is -2.73. The van der Waals surface area contributed by atoms with Gasteiger partial charge in [-0.15, -0.1) is 0 Å². The van der Waals surface area contributed by atoms with Crippen LogP contribution in [0.15, 0.2) is 47.5 Å². The van der Waals surface area contributed by atoms with Crippen molar-refractivity contribution < 1.29 is 9.53 Å². The van der Waals surface area contributed by atoms with Crippen molar-refractivity contribution in [1.82, 2.24) is 16.0 Å². The standard InChI is InChI=1S/C21H27ClN4O2/c1-23-20(27)17-6-4-5-15(13-17)9-11-25-21(24-2)26-12-10-16-7-8-18(28-3)14-19(16)22/h4-8,13-14H,9-12H2,1-3H3,(H,23,27)(H2,24,25,26). The highest BCUT2D eigenvalue weighted by atomic mass is 35.5. The third-order valence-corrected chi connectivity index (χ3v) is 4.64. The van der Waals surface area contributed by atoms with Crippen molar-refractivity contribution in [3.63, 3.8) is 0 Å². The first kappa shape index (κ1) is 21.6. The van der Waals surface area contributed by atoms with Gasteiger partial charge in [0, 0.05) is 37.8 Å². The average molecular weight is 403 g/mol. The third-order valence-electron chi connectivity index (χ3n) is 4.29. The van der Waals surface area contributed by atoms with Crippen LogP contribution >= 0.6 is 11.6 Å². The molecule has 0 aromatic heterocycles. The average Bonchev–Trinajstić information content (AvgIpc) is 2.73. The number of carbonyl (C=O) groups is 1. The predicted molar refractivity (Wildman–Crippen MR) is 115 cm³/mol. The van der Waals surface area contributed by atoms with Crippen molar-refractivity contribution >= 4 is 23.5 Å². The van der Waals surface area contributed by atoms with Crippen LogP contribution in [0.5, 0.6) is 5.75 Å². The molecule has 28 heavy (non-hydrogen) atoms. The Morgan fingerprint density at radius 3 is 2.50 bits per heavy atom. The fourth-order valence-electron chi connectivity index (χ4n) is 2.73. The third kappa shape index (κ3) is 6.46. The predicted octanol–water partition coefficient (Wildman–Crippen LogP) is 2.66. The molecule has 0 spiro atoms. The number of hydrogen-bond donors (Lipinski definition) is 3. The number of ether oxygens (including phenoxy) is 1. The molecule has 6 nitrogen and oxygen atoms in total. The molecule has 0 saturated carbocycles. The van der Waals surface area contributed by atoms with Gasteiger partial charge in [0.2, 0.25) is 0 Å². The summed E-state index contributed by atoms with van der Waals surface area (Å²) >= 11 is 6.27. The second kappa shape index (κ2) is 11.2. The minimum atomic E-state index is -0.0792. The van der Waals surface area contributed by atoms with Gasteiger partial charge in [0.15, 0.2) is 5.96 Å². The molecule has 150 valence electrons. The summed E-state index contributed by atoms with van der Waals surface area (Å²) in [6, 6.07) is 13.3. The fourth-order valence-corrected chi connectivity index (χ4v) is 3.00. The Labute approximate surface area is 171 Å². The number of methoxy groups -OCH3 is 1. The summed E-state index contributed by atoms with van der Waals surface area (Å²) in [5.41, 5.74) is 2.81. The molecule has 0 saturated heterocycles. The van der Waals surface area contributed by atoms with Gasteiger partial charge in [0.05, 0.1) is 7.11 Å². The van der Waals surface area contributed by atoms with Crippen molar-refractivity contribution in [2.75, 3.05) is 34.3 Å².